The molecule has 7 nitrogen and oxygen atoms in total. The summed E-state index contributed by atoms with van der Waals surface area (Å²) in [6.07, 6.45) is 0.891. The van der Waals surface area contributed by atoms with Gasteiger partial charge in [-0.3, -0.25) is 9.59 Å². The molecule has 0 bridgehead atoms. The first-order valence-electron chi connectivity index (χ1n) is 9.71. The van der Waals surface area contributed by atoms with Gasteiger partial charge in [-0.15, -0.1) is 0 Å². The lowest BCUT2D eigenvalue weighted by Gasteiger charge is -2.10. The highest BCUT2D eigenvalue weighted by Crippen LogP contribution is 2.22. The minimum Gasteiger partial charge on any atom is -0.488 e. The summed E-state index contributed by atoms with van der Waals surface area (Å²) in [4.78, 5) is 23.9. The smallest absolute Gasteiger partial charge is 0.249 e. The number of rotatable bonds is 8. The summed E-state index contributed by atoms with van der Waals surface area (Å²) in [5, 5.41) is 15.7. The summed E-state index contributed by atoms with van der Waals surface area (Å²) in [6.45, 7) is 0.254. The van der Waals surface area contributed by atoms with Gasteiger partial charge in [0.15, 0.2) is 0 Å². The number of nitrogens with zero attached hydrogens (tertiary/aromatic N) is 2. The maximum Gasteiger partial charge on any atom is 0.249 e. The number of halogens is 2. The van der Waals surface area contributed by atoms with Crippen molar-refractivity contribution in [1.82, 2.24) is 5.43 Å². The van der Waals surface area contributed by atoms with Crippen molar-refractivity contribution in [2.75, 3.05) is 5.32 Å². The van der Waals surface area contributed by atoms with Crippen molar-refractivity contribution in [1.29, 1.82) is 5.26 Å². The van der Waals surface area contributed by atoms with Gasteiger partial charge in [-0.2, -0.15) is 10.4 Å². The van der Waals surface area contributed by atoms with E-state index in [9.17, 15) is 14.0 Å². The number of ether oxygens (including phenoxy) is 1. The summed E-state index contributed by atoms with van der Waals surface area (Å²) in [6, 6.07) is 19.2. The Morgan fingerprint density at radius 3 is 2.48 bits per heavy atom. The number of hydrogen-bond acceptors (Lipinski definition) is 5. The fourth-order valence-corrected chi connectivity index (χ4v) is 2.87. The first kappa shape index (κ1) is 23.4. The molecule has 2 N–H and O–H groups in total. The zero-order chi connectivity index (χ0) is 23.6. The van der Waals surface area contributed by atoms with Crippen molar-refractivity contribution in [3.63, 3.8) is 0 Å². The van der Waals surface area contributed by atoms with Crippen LogP contribution in [0.2, 0.25) is 5.02 Å². The van der Waals surface area contributed by atoms with Crippen LogP contribution >= 0.6 is 11.6 Å². The molecule has 0 radical (unpaired) electrons. The molecule has 0 aliphatic heterocycles. The van der Waals surface area contributed by atoms with Crippen LogP contribution in [-0.4, -0.2) is 18.0 Å². The van der Waals surface area contributed by atoms with Gasteiger partial charge in [0, 0.05) is 16.3 Å². The van der Waals surface area contributed by atoms with E-state index in [1.807, 2.05) is 0 Å². The zero-order valence-corrected chi connectivity index (χ0v) is 18.0. The van der Waals surface area contributed by atoms with E-state index in [2.05, 4.69) is 21.9 Å². The van der Waals surface area contributed by atoms with Crippen LogP contribution in [0.5, 0.6) is 5.75 Å². The number of carbonyl (C=O) groups excluding carboxylic acids is 2. The van der Waals surface area contributed by atoms with Crippen LogP contribution in [0.1, 0.15) is 23.1 Å². The normalized spacial score (nSPS) is 10.5. The minimum atomic E-state index is -0.632. The number of nitriles is 1. The first-order chi connectivity index (χ1) is 15.9. The van der Waals surface area contributed by atoms with Gasteiger partial charge in [-0.1, -0.05) is 23.7 Å². The van der Waals surface area contributed by atoms with Crippen LogP contribution in [-0.2, 0) is 16.2 Å². The van der Waals surface area contributed by atoms with E-state index in [1.54, 1.807) is 42.5 Å². The summed E-state index contributed by atoms with van der Waals surface area (Å²) in [5.41, 5.74) is 4.59. The van der Waals surface area contributed by atoms with Gasteiger partial charge in [-0.25, -0.2) is 9.82 Å². The van der Waals surface area contributed by atoms with E-state index >= 15 is 0 Å². The maximum absolute atomic E-state index is 12.9. The van der Waals surface area contributed by atoms with Crippen LogP contribution in [0.3, 0.4) is 0 Å². The van der Waals surface area contributed by atoms with Crippen LogP contribution in [0.15, 0.2) is 71.8 Å². The van der Waals surface area contributed by atoms with Gasteiger partial charge < -0.3 is 10.1 Å². The molecule has 0 saturated carbocycles. The Morgan fingerprint density at radius 2 is 1.79 bits per heavy atom. The molecule has 33 heavy (non-hydrogen) atoms. The Hall–Kier alpha value is -4.22. The summed E-state index contributed by atoms with van der Waals surface area (Å²) in [5.74, 6) is -1.14. The van der Waals surface area contributed by atoms with Crippen molar-refractivity contribution < 1.29 is 18.7 Å². The summed E-state index contributed by atoms with van der Waals surface area (Å²) < 4.78 is 18.7. The lowest BCUT2D eigenvalue weighted by molar-refractivity contribution is -0.126. The number of carbonyl (C=O) groups is 2. The van der Waals surface area contributed by atoms with Gasteiger partial charge >= 0.3 is 0 Å². The molecule has 0 unspecified atom stereocenters. The third-order valence-corrected chi connectivity index (χ3v) is 4.53. The summed E-state index contributed by atoms with van der Waals surface area (Å²) in [7, 11) is 0. The second-order valence-electron chi connectivity index (χ2n) is 6.80. The lowest BCUT2D eigenvalue weighted by Crippen LogP contribution is -2.24. The Balaban J connectivity index is 1.55. The molecular formula is C24H18ClFN4O3. The zero-order valence-electron chi connectivity index (χ0n) is 17.2. The monoisotopic (exact) mass is 464 g/mol. The lowest BCUT2D eigenvalue weighted by atomic mass is 10.1. The maximum atomic E-state index is 12.9. The third kappa shape index (κ3) is 7.45. The average molecular weight is 465 g/mol. The van der Waals surface area contributed by atoms with Gasteiger partial charge in [0.1, 0.15) is 24.6 Å². The van der Waals surface area contributed by atoms with Gasteiger partial charge in [0.25, 0.3) is 0 Å². The molecule has 0 spiro atoms. The van der Waals surface area contributed by atoms with E-state index < -0.39 is 24.1 Å². The predicted octanol–water partition coefficient (Wildman–Crippen LogP) is 4.41. The standard InChI is InChI=1S/C24H18ClFN4O3/c25-19-5-10-22(33-15-17-3-1-16(13-27)2-4-17)18(11-19)14-28-30-24(32)12-23(31)29-21-8-6-20(26)7-9-21/h1-11,14H,12,15H2,(H,29,31)(H,30,32). The topological polar surface area (TPSA) is 104 Å². The van der Waals surface area contributed by atoms with E-state index in [-0.39, 0.29) is 6.61 Å². The molecule has 0 aliphatic carbocycles. The van der Waals surface area contributed by atoms with E-state index in [4.69, 9.17) is 21.6 Å². The SMILES string of the molecule is N#Cc1ccc(COc2ccc(Cl)cc2C=NNC(=O)CC(=O)Nc2ccc(F)cc2)cc1. The van der Waals surface area contributed by atoms with Crippen molar-refractivity contribution in [3.8, 4) is 11.8 Å². The molecule has 2 amide bonds. The van der Waals surface area contributed by atoms with Crippen molar-refractivity contribution in [3.05, 3.63) is 94.3 Å². The predicted molar refractivity (Wildman–Crippen MR) is 122 cm³/mol. The summed E-state index contributed by atoms with van der Waals surface area (Å²) >= 11 is 6.05. The molecule has 0 atom stereocenters. The molecule has 0 aromatic heterocycles. The Kier molecular flexibility index (Phi) is 8.11. The Bertz CT molecular complexity index is 1210. The van der Waals surface area contributed by atoms with Gasteiger partial charge in [0.05, 0.1) is 17.8 Å². The van der Waals surface area contributed by atoms with Gasteiger partial charge in [-0.05, 0) is 60.2 Å². The van der Waals surface area contributed by atoms with Gasteiger partial charge in [0.2, 0.25) is 11.8 Å². The third-order valence-electron chi connectivity index (χ3n) is 4.29. The molecule has 3 rings (SSSR count). The van der Waals surface area contributed by atoms with Crippen molar-refractivity contribution in [2.24, 2.45) is 5.10 Å². The second-order valence-corrected chi connectivity index (χ2v) is 7.24. The molecule has 3 aromatic carbocycles. The molecule has 0 fully saturated rings. The van der Waals surface area contributed by atoms with Crippen LogP contribution in [0, 0.1) is 17.1 Å². The molecule has 9 heteroatoms. The number of nitrogens with one attached hydrogen (secondary N) is 2. The number of benzene rings is 3. The Morgan fingerprint density at radius 1 is 1.06 bits per heavy atom. The molecule has 0 aliphatic rings. The second kappa shape index (κ2) is 11.4. The fraction of sp³-hybridized carbons (Fsp3) is 0.0833. The molecule has 0 heterocycles. The van der Waals surface area contributed by atoms with Crippen molar-refractivity contribution in [2.45, 2.75) is 13.0 Å². The number of amides is 2. The van der Waals surface area contributed by atoms with E-state index in [0.29, 0.717) is 27.6 Å². The number of hydrogen-bond donors (Lipinski definition) is 2. The highest BCUT2D eigenvalue weighted by atomic mass is 35.5. The number of anilines is 1. The largest absolute Gasteiger partial charge is 0.488 e. The number of hydrazone groups is 1. The fourth-order valence-electron chi connectivity index (χ4n) is 2.69. The minimum absolute atomic E-state index is 0.254. The van der Waals surface area contributed by atoms with E-state index in [1.165, 1.54) is 30.5 Å². The molecule has 0 saturated heterocycles. The molecule has 3 aromatic rings. The first-order valence-corrected chi connectivity index (χ1v) is 10.1. The van der Waals surface area contributed by atoms with Crippen molar-refractivity contribution >= 4 is 35.3 Å². The van der Waals surface area contributed by atoms with Crippen LogP contribution in [0.4, 0.5) is 10.1 Å². The highest BCUT2D eigenvalue weighted by Gasteiger charge is 2.10. The molecule has 166 valence electrons. The molecular weight excluding hydrogens is 447 g/mol. The van der Waals surface area contributed by atoms with E-state index in [0.717, 1.165) is 5.56 Å². The van der Waals surface area contributed by atoms with Crippen LogP contribution in [0.25, 0.3) is 0 Å². The van der Waals surface area contributed by atoms with Crippen LogP contribution < -0.4 is 15.5 Å². The Labute approximate surface area is 194 Å². The quantitative estimate of drug-likeness (QED) is 0.293. The average Bonchev–Trinajstić information content (AvgIpc) is 2.80. The highest BCUT2D eigenvalue weighted by molar-refractivity contribution is 6.30.